The zero-order chi connectivity index (χ0) is 14.4. The van der Waals surface area contributed by atoms with Crippen LogP contribution in [0.3, 0.4) is 0 Å². The third-order valence-electron chi connectivity index (χ3n) is 3.11. The predicted molar refractivity (Wildman–Crippen MR) is 86.3 cm³/mol. The molecule has 1 N–H and O–H groups in total. The van der Waals surface area contributed by atoms with Gasteiger partial charge >= 0.3 is 0 Å². The first kappa shape index (κ1) is 15.1. The molecule has 0 aliphatic rings. The molecule has 3 heteroatoms. The maximum atomic E-state index is 4.55. The van der Waals surface area contributed by atoms with Gasteiger partial charge < -0.3 is 5.32 Å². The molecule has 2 aromatic rings. The monoisotopic (exact) mass is 286 g/mol. The van der Waals surface area contributed by atoms with Gasteiger partial charge in [-0.2, -0.15) is 0 Å². The number of benzene rings is 1. The molecule has 0 atom stereocenters. The van der Waals surface area contributed by atoms with Crippen LogP contribution in [0.1, 0.15) is 30.0 Å². The molecule has 0 aliphatic carbocycles. The molecule has 1 aromatic carbocycles. The Kier molecular flexibility index (Phi) is 5.62. The molecule has 1 heterocycles. The smallest absolute Gasteiger partial charge is 0.101 e. The summed E-state index contributed by atoms with van der Waals surface area (Å²) in [6.45, 7) is 8.40. The Morgan fingerprint density at radius 2 is 2.00 bits per heavy atom. The zero-order valence-electron chi connectivity index (χ0n) is 12.4. The predicted octanol–water partition coefficient (Wildman–Crippen LogP) is 4.35. The Labute approximate surface area is 126 Å². The van der Waals surface area contributed by atoms with Crippen molar-refractivity contribution in [2.45, 2.75) is 43.7 Å². The van der Waals surface area contributed by atoms with Gasteiger partial charge in [0.15, 0.2) is 0 Å². The maximum absolute atomic E-state index is 4.55. The highest BCUT2D eigenvalue weighted by Gasteiger charge is 2.03. The normalized spacial score (nSPS) is 10.8. The topological polar surface area (TPSA) is 24.9 Å². The number of pyridine rings is 1. The average molecular weight is 286 g/mol. The number of hydrogen-bond donors (Lipinski definition) is 1. The number of nitrogens with one attached hydrogen (secondary N) is 1. The number of aryl methyl sites for hydroxylation is 2. The second-order valence-electron chi connectivity index (χ2n) is 5.05. The Hall–Kier alpha value is -1.32. The van der Waals surface area contributed by atoms with Crippen LogP contribution >= 0.6 is 11.8 Å². The van der Waals surface area contributed by atoms with Gasteiger partial charge in [0.2, 0.25) is 0 Å². The van der Waals surface area contributed by atoms with Crippen LogP contribution in [0.25, 0.3) is 0 Å². The van der Waals surface area contributed by atoms with E-state index in [1.807, 2.05) is 6.20 Å². The van der Waals surface area contributed by atoms with Gasteiger partial charge in [0.25, 0.3) is 0 Å². The van der Waals surface area contributed by atoms with Crippen molar-refractivity contribution in [2.24, 2.45) is 0 Å². The minimum atomic E-state index is 0.898. The molecular weight excluding hydrogens is 264 g/mol. The van der Waals surface area contributed by atoms with Crippen LogP contribution in [0.15, 0.2) is 46.5 Å². The maximum Gasteiger partial charge on any atom is 0.101 e. The van der Waals surface area contributed by atoms with Crippen LogP contribution in [-0.2, 0) is 6.54 Å². The minimum absolute atomic E-state index is 0.898. The number of nitrogens with zero attached hydrogens (tertiary/aromatic N) is 1. The van der Waals surface area contributed by atoms with Crippen molar-refractivity contribution in [1.29, 1.82) is 0 Å². The molecule has 0 fully saturated rings. The molecule has 0 aliphatic heterocycles. The second-order valence-corrected chi connectivity index (χ2v) is 6.11. The highest BCUT2D eigenvalue weighted by molar-refractivity contribution is 7.99. The van der Waals surface area contributed by atoms with Crippen molar-refractivity contribution < 1.29 is 0 Å². The minimum Gasteiger partial charge on any atom is -0.313 e. The Balaban J connectivity index is 2.01. The third-order valence-corrected chi connectivity index (χ3v) is 4.22. The summed E-state index contributed by atoms with van der Waals surface area (Å²) in [5.41, 5.74) is 3.83. The highest BCUT2D eigenvalue weighted by atomic mass is 32.2. The van der Waals surface area contributed by atoms with Gasteiger partial charge in [0, 0.05) is 17.6 Å². The van der Waals surface area contributed by atoms with Crippen LogP contribution in [0.4, 0.5) is 0 Å². The zero-order valence-corrected chi connectivity index (χ0v) is 13.3. The van der Waals surface area contributed by atoms with Crippen molar-refractivity contribution in [2.75, 3.05) is 6.54 Å². The van der Waals surface area contributed by atoms with Gasteiger partial charge in [0.05, 0.1) is 0 Å². The fourth-order valence-electron chi connectivity index (χ4n) is 1.92. The lowest BCUT2D eigenvalue weighted by atomic mass is 10.2. The lowest BCUT2D eigenvalue weighted by molar-refractivity contribution is 0.673. The van der Waals surface area contributed by atoms with E-state index in [9.17, 15) is 0 Å². The van der Waals surface area contributed by atoms with Gasteiger partial charge in [0.1, 0.15) is 5.03 Å². The van der Waals surface area contributed by atoms with Gasteiger partial charge in [-0.15, -0.1) is 0 Å². The van der Waals surface area contributed by atoms with Crippen LogP contribution in [-0.4, -0.2) is 11.5 Å². The van der Waals surface area contributed by atoms with E-state index in [4.69, 9.17) is 0 Å². The molecule has 2 rings (SSSR count). The Morgan fingerprint density at radius 1 is 1.15 bits per heavy atom. The molecule has 0 amide bonds. The summed E-state index contributed by atoms with van der Waals surface area (Å²) >= 11 is 1.73. The van der Waals surface area contributed by atoms with E-state index >= 15 is 0 Å². The SMILES string of the molecule is CCCNCc1ccc(Sc2cc(C)ccc2C)nc1. The van der Waals surface area contributed by atoms with Gasteiger partial charge in [-0.05, 0) is 55.6 Å². The van der Waals surface area contributed by atoms with E-state index < -0.39 is 0 Å². The summed E-state index contributed by atoms with van der Waals surface area (Å²) in [5, 5.41) is 4.44. The Morgan fingerprint density at radius 3 is 2.70 bits per heavy atom. The van der Waals surface area contributed by atoms with E-state index in [1.54, 1.807) is 11.8 Å². The molecular formula is C17H22N2S. The van der Waals surface area contributed by atoms with E-state index in [2.05, 4.69) is 61.4 Å². The number of aromatic nitrogens is 1. The standard InChI is InChI=1S/C17H22N2S/c1-4-9-18-11-15-7-8-17(19-12-15)20-16-10-13(2)5-6-14(16)3/h5-8,10,12,18H,4,9,11H2,1-3H3. The second kappa shape index (κ2) is 7.46. The molecule has 0 saturated carbocycles. The number of hydrogen-bond acceptors (Lipinski definition) is 3. The van der Waals surface area contributed by atoms with Crippen molar-refractivity contribution >= 4 is 11.8 Å². The van der Waals surface area contributed by atoms with Crippen molar-refractivity contribution in [1.82, 2.24) is 10.3 Å². The lowest BCUT2D eigenvalue weighted by Crippen LogP contribution is -2.13. The average Bonchev–Trinajstić information content (AvgIpc) is 2.45. The number of rotatable bonds is 6. The van der Waals surface area contributed by atoms with E-state index in [-0.39, 0.29) is 0 Å². The molecule has 0 saturated heterocycles. The van der Waals surface area contributed by atoms with Gasteiger partial charge in [-0.1, -0.05) is 36.9 Å². The molecule has 20 heavy (non-hydrogen) atoms. The summed E-state index contributed by atoms with van der Waals surface area (Å²) < 4.78 is 0. The molecule has 106 valence electrons. The van der Waals surface area contributed by atoms with Crippen molar-refractivity contribution in [3.05, 3.63) is 53.2 Å². The first-order chi connectivity index (χ1) is 9.69. The first-order valence-electron chi connectivity index (χ1n) is 7.10. The largest absolute Gasteiger partial charge is 0.313 e. The van der Waals surface area contributed by atoms with Gasteiger partial charge in [-0.25, -0.2) is 4.98 Å². The Bertz CT molecular complexity index is 549. The molecule has 0 unspecified atom stereocenters. The van der Waals surface area contributed by atoms with Crippen LogP contribution in [0, 0.1) is 13.8 Å². The molecule has 2 nitrogen and oxygen atoms in total. The van der Waals surface area contributed by atoms with Crippen LogP contribution in [0.2, 0.25) is 0 Å². The third kappa shape index (κ3) is 4.36. The molecule has 0 radical (unpaired) electrons. The van der Waals surface area contributed by atoms with E-state index in [0.717, 1.165) is 24.5 Å². The molecule has 0 spiro atoms. The summed E-state index contributed by atoms with van der Waals surface area (Å²) in [4.78, 5) is 5.83. The fraction of sp³-hybridized carbons (Fsp3) is 0.353. The summed E-state index contributed by atoms with van der Waals surface area (Å²) in [6, 6.07) is 10.8. The lowest BCUT2D eigenvalue weighted by Gasteiger charge is -2.07. The molecule has 1 aromatic heterocycles. The summed E-state index contributed by atoms with van der Waals surface area (Å²) in [7, 11) is 0. The van der Waals surface area contributed by atoms with Crippen LogP contribution < -0.4 is 5.32 Å². The molecule has 0 bridgehead atoms. The van der Waals surface area contributed by atoms with Crippen LogP contribution in [0.5, 0.6) is 0 Å². The van der Waals surface area contributed by atoms with E-state index in [1.165, 1.54) is 21.6 Å². The summed E-state index contributed by atoms with van der Waals surface area (Å²) in [6.07, 6.45) is 3.13. The van der Waals surface area contributed by atoms with E-state index in [0.29, 0.717) is 0 Å². The van der Waals surface area contributed by atoms with Gasteiger partial charge in [-0.3, -0.25) is 0 Å². The highest BCUT2D eigenvalue weighted by Crippen LogP contribution is 2.29. The summed E-state index contributed by atoms with van der Waals surface area (Å²) in [5.74, 6) is 0. The van der Waals surface area contributed by atoms with Crippen molar-refractivity contribution in [3.63, 3.8) is 0 Å². The quantitative estimate of drug-likeness (QED) is 0.799. The first-order valence-corrected chi connectivity index (χ1v) is 7.91. The fourth-order valence-corrected chi connectivity index (χ4v) is 2.86. The van der Waals surface area contributed by atoms with Crippen molar-refractivity contribution in [3.8, 4) is 0 Å².